The van der Waals surface area contributed by atoms with Crippen LogP contribution < -0.4 is 0 Å². The lowest BCUT2D eigenvalue weighted by atomic mass is 10.1. The Morgan fingerprint density at radius 1 is 1.67 bits per heavy atom. The van der Waals surface area contributed by atoms with Gasteiger partial charge in [0.25, 0.3) is 0 Å². The molecule has 0 aromatic heterocycles. The molecular weight excluding hydrogens is 112 g/mol. The maximum atomic E-state index is 5.00. The van der Waals surface area contributed by atoms with E-state index >= 15 is 0 Å². The van der Waals surface area contributed by atoms with Crippen molar-refractivity contribution in [1.29, 1.82) is 0 Å². The van der Waals surface area contributed by atoms with E-state index in [4.69, 9.17) is 4.74 Å². The summed E-state index contributed by atoms with van der Waals surface area (Å²) >= 11 is 0. The van der Waals surface area contributed by atoms with Gasteiger partial charge in [0.2, 0.25) is 0 Å². The summed E-state index contributed by atoms with van der Waals surface area (Å²) in [5.41, 5.74) is 1.40. The van der Waals surface area contributed by atoms with E-state index < -0.39 is 0 Å². The van der Waals surface area contributed by atoms with Crippen LogP contribution in [0.1, 0.15) is 6.92 Å². The van der Waals surface area contributed by atoms with Crippen LogP contribution in [0.4, 0.5) is 0 Å². The molecule has 0 bridgehead atoms. The summed E-state index contributed by atoms with van der Waals surface area (Å²) in [5.74, 6) is 0.537. The summed E-state index contributed by atoms with van der Waals surface area (Å²) in [6.07, 6.45) is 6.38. The molecule has 0 aromatic carbocycles. The molecule has 9 heavy (non-hydrogen) atoms. The molecule has 1 atom stereocenters. The van der Waals surface area contributed by atoms with Crippen molar-refractivity contribution < 1.29 is 4.74 Å². The molecule has 0 radical (unpaired) electrons. The molecule has 0 aliphatic heterocycles. The predicted molar refractivity (Wildman–Crippen MR) is 38.3 cm³/mol. The molecule has 0 amide bonds. The quantitative estimate of drug-likeness (QED) is 0.545. The Bertz CT molecular complexity index is 145. The zero-order valence-corrected chi connectivity index (χ0v) is 5.92. The fourth-order valence-electron chi connectivity index (χ4n) is 0.983. The Labute approximate surface area is 56.0 Å². The van der Waals surface area contributed by atoms with E-state index in [0.717, 1.165) is 6.61 Å². The molecule has 0 spiro atoms. The molecule has 50 valence electrons. The minimum atomic E-state index is 0.537. The van der Waals surface area contributed by atoms with Gasteiger partial charge in [0.05, 0.1) is 6.61 Å². The molecule has 0 saturated carbocycles. The average molecular weight is 124 g/mol. The van der Waals surface area contributed by atoms with Gasteiger partial charge in [-0.15, -0.1) is 0 Å². The molecule has 1 unspecified atom stereocenters. The van der Waals surface area contributed by atoms with Gasteiger partial charge in [0, 0.05) is 13.0 Å². The van der Waals surface area contributed by atoms with Gasteiger partial charge in [-0.3, -0.25) is 0 Å². The highest BCUT2D eigenvalue weighted by atomic mass is 16.5. The normalized spacial score (nSPS) is 24.7. The van der Waals surface area contributed by atoms with E-state index in [-0.39, 0.29) is 0 Å². The molecule has 0 aromatic rings. The zero-order chi connectivity index (χ0) is 6.69. The molecule has 1 nitrogen and oxygen atoms in total. The Morgan fingerprint density at radius 3 is 2.89 bits per heavy atom. The minimum absolute atomic E-state index is 0.537. The lowest BCUT2D eigenvalue weighted by molar-refractivity contribution is 0.181. The highest BCUT2D eigenvalue weighted by Gasteiger charge is 2.08. The van der Waals surface area contributed by atoms with E-state index in [0.29, 0.717) is 5.92 Å². The molecule has 1 heteroatoms. The lowest BCUT2D eigenvalue weighted by Gasteiger charge is -2.06. The standard InChI is InChI=1S/C8H12O/c1-7-4-3-5-8(7)6-9-2/h3-5,8H,6H2,1-2H3. The first-order valence-electron chi connectivity index (χ1n) is 3.18. The average Bonchev–Trinajstić information content (AvgIpc) is 2.18. The number of methoxy groups -OCH3 is 1. The lowest BCUT2D eigenvalue weighted by Crippen LogP contribution is -2.03. The van der Waals surface area contributed by atoms with Crippen molar-refractivity contribution in [3.8, 4) is 0 Å². The second-order valence-corrected chi connectivity index (χ2v) is 2.36. The van der Waals surface area contributed by atoms with Crippen LogP contribution in [-0.2, 0) is 4.74 Å². The monoisotopic (exact) mass is 124 g/mol. The van der Waals surface area contributed by atoms with Crippen molar-refractivity contribution in [3.63, 3.8) is 0 Å². The highest BCUT2D eigenvalue weighted by Crippen LogP contribution is 2.17. The van der Waals surface area contributed by atoms with Crippen LogP contribution >= 0.6 is 0 Å². The van der Waals surface area contributed by atoms with E-state index in [1.54, 1.807) is 7.11 Å². The van der Waals surface area contributed by atoms with Gasteiger partial charge >= 0.3 is 0 Å². The number of rotatable bonds is 2. The van der Waals surface area contributed by atoms with Gasteiger partial charge < -0.3 is 4.74 Å². The SMILES string of the molecule is COCC1C=CC=C1C. The van der Waals surface area contributed by atoms with Crippen molar-refractivity contribution in [3.05, 3.63) is 23.8 Å². The predicted octanol–water partition coefficient (Wildman–Crippen LogP) is 1.77. The van der Waals surface area contributed by atoms with Crippen LogP contribution in [0.3, 0.4) is 0 Å². The molecule has 0 fully saturated rings. The van der Waals surface area contributed by atoms with Crippen molar-refractivity contribution in [1.82, 2.24) is 0 Å². The van der Waals surface area contributed by atoms with Crippen LogP contribution in [0.2, 0.25) is 0 Å². The minimum Gasteiger partial charge on any atom is -0.384 e. The van der Waals surface area contributed by atoms with Crippen molar-refractivity contribution in [2.24, 2.45) is 5.92 Å². The fourth-order valence-corrected chi connectivity index (χ4v) is 0.983. The Balaban J connectivity index is 2.43. The topological polar surface area (TPSA) is 9.23 Å². The Hall–Kier alpha value is -0.560. The Morgan fingerprint density at radius 2 is 2.44 bits per heavy atom. The maximum absolute atomic E-state index is 5.00. The third kappa shape index (κ3) is 1.42. The fraction of sp³-hybridized carbons (Fsp3) is 0.500. The summed E-state index contributed by atoms with van der Waals surface area (Å²) in [5, 5.41) is 0. The maximum Gasteiger partial charge on any atom is 0.0562 e. The van der Waals surface area contributed by atoms with Crippen molar-refractivity contribution >= 4 is 0 Å². The summed E-state index contributed by atoms with van der Waals surface area (Å²) in [4.78, 5) is 0. The Kier molecular flexibility index (Phi) is 2.06. The smallest absolute Gasteiger partial charge is 0.0562 e. The van der Waals surface area contributed by atoms with Gasteiger partial charge in [0.1, 0.15) is 0 Å². The van der Waals surface area contributed by atoms with Crippen molar-refractivity contribution in [2.45, 2.75) is 6.92 Å². The van der Waals surface area contributed by atoms with Gasteiger partial charge in [-0.1, -0.05) is 23.8 Å². The molecule has 1 rings (SSSR count). The molecule has 1 aliphatic carbocycles. The number of allylic oxidation sites excluding steroid dienone is 2. The summed E-state index contributed by atoms with van der Waals surface area (Å²) in [6, 6.07) is 0. The first-order valence-corrected chi connectivity index (χ1v) is 3.18. The van der Waals surface area contributed by atoms with Gasteiger partial charge in [-0.25, -0.2) is 0 Å². The molecule has 0 saturated heterocycles. The third-order valence-corrected chi connectivity index (χ3v) is 1.63. The van der Waals surface area contributed by atoms with Gasteiger partial charge in [-0.05, 0) is 6.92 Å². The van der Waals surface area contributed by atoms with Gasteiger partial charge in [-0.2, -0.15) is 0 Å². The van der Waals surface area contributed by atoms with Crippen LogP contribution in [0.25, 0.3) is 0 Å². The van der Waals surface area contributed by atoms with E-state index in [9.17, 15) is 0 Å². The molecule has 0 N–H and O–H groups in total. The first kappa shape index (κ1) is 6.56. The van der Waals surface area contributed by atoms with Crippen LogP contribution in [0, 0.1) is 5.92 Å². The molecule has 0 heterocycles. The zero-order valence-electron chi connectivity index (χ0n) is 5.92. The first-order chi connectivity index (χ1) is 4.34. The highest BCUT2D eigenvalue weighted by molar-refractivity contribution is 5.25. The largest absolute Gasteiger partial charge is 0.384 e. The van der Waals surface area contributed by atoms with Crippen LogP contribution in [0.15, 0.2) is 23.8 Å². The molecular formula is C8H12O. The summed E-state index contributed by atoms with van der Waals surface area (Å²) in [6.45, 7) is 2.95. The van der Waals surface area contributed by atoms with Crippen LogP contribution in [-0.4, -0.2) is 13.7 Å². The number of ether oxygens (including phenoxy) is 1. The summed E-state index contributed by atoms with van der Waals surface area (Å²) in [7, 11) is 1.74. The second kappa shape index (κ2) is 2.83. The molecule has 1 aliphatic rings. The number of hydrogen-bond donors (Lipinski definition) is 0. The van der Waals surface area contributed by atoms with Gasteiger partial charge in [0.15, 0.2) is 0 Å². The van der Waals surface area contributed by atoms with Crippen molar-refractivity contribution in [2.75, 3.05) is 13.7 Å². The van der Waals surface area contributed by atoms with E-state index in [1.165, 1.54) is 5.57 Å². The third-order valence-electron chi connectivity index (χ3n) is 1.63. The van der Waals surface area contributed by atoms with E-state index in [2.05, 4.69) is 25.2 Å². The van der Waals surface area contributed by atoms with Crippen LogP contribution in [0.5, 0.6) is 0 Å². The van der Waals surface area contributed by atoms with E-state index in [1.807, 2.05) is 0 Å². The number of hydrogen-bond acceptors (Lipinski definition) is 1. The summed E-state index contributed by atoms with van der Waals surface area (Å²) < 4.78 is 5.00. The second-order valence-electron chi connectivity index (χ2n) is 2.36.